The van der Waals surface area contributed by atoms with Crippen LogP contribution in [0.3, 0.4) is 0 Å². The van der Waals surface area contributed by atoms with Crippen molar-refractivity contribution in [3.63, 3.8) is 0 Å². The Bertz CT molecular complexity index is 891. The quantitative estimate of drug-likeness (QED) is 0.700. The third-order valence-corrected chi connectivity index (χ3v) is 4.03. The Kier molecular flexibility index (Phi) is 5.61. The van der Waals surface area contributed by atoms with Gasteiger partial charge < -0.3 is 15.1 Å². The number of nitrogens with one attached hydrogen (secondary N) is 2. The van der Waals surface area contributed by atoms with Crippen LogP contribution < -0.4 is 10.6 Å². The predicted octanol–water partition coefficient (Wildman–Crippen LogP) is 3.13. The molecule has 27 heavy (non-hydrogen) atoms. The Morgan fingerprint density at radius 3 is 2.30 bits per heavy atom. The van der Waals surface area contributed by atoms with Gasteiger partial charge in [-0.05, 0) is 42.3 Å². The number of carbonyl (C=O) groups is 2. The molecule has 0 fully saturated rings. The van der Waals surface area contributed by atoms with Crippen molar-refractivity contribution >= 4 is 17.5 Å². The van der Waals surface area contributed by atoms with Crippen molar-refractivity contribution in [1.29, 1.82) is 0 Å². The molecule has 0 saturated carbocycles. The zero-order valence-corrected chi connectivity index (χ0v) is 15.0. The topological polar surface area (TPSA) is 97.1 Å². The molecule has 2 N–H and O–H groups in total. The third-order valence-electron chi connectivity index (χ3n) is 4.03. The Labute approximate surface area is 156 Å². The number of hydrogen-bond acceptors (Lipinski definition) is 5. The van der Waals surface area contributed by atoms with Crippen LogP contribution in [0, 0.1) is 5.92 Å². The summed E-state index contributed by atoms with van der Waals surface area (Å²) in [7, 11) is 0. The summed E-state index contributed by atoms with van der Waals surface area (Å²) in [5.41, 5.74) is 1.88. The van der Waals surface area contributed by atoms with E-state index in [0.717, 1.165) is 5.56 Å². The summed E-state index contributed by atoms with van der Waals surface area (Å²) in [5.74, 6) is -0.227. The molecular formula is C20H20N4O3. The van der Waals surface area contributed by atoms with E-state index in [1.807, 2.05) is 19.9 Å². The minimum atomic E-state index is -0.659. The van der Waals surface area contributed by atoms with Crippen molar-refractivity contribution in [1.82, 2.24) is 15.5 Å². The fourth-order valence-electron chi connectivity index (χ4n) is 2.56. The zero-order valence-electron chi connectivity index (χ0n) is 15.0. The van der Waals surface area contributed by atoms with E-state index >= 15 is 0 Å². The summed E-state index contributed by atoms with van der Waals surface area (Å²) in [6.45, 7) is 3.77. The first-order valence-electron chi connectivity index (χ1n) is 8.58. The minimum Gasteiger partial charge on any atom is -0.423 e. The highest BCUT2D eigenvalue weighted by Gasteiger charge is 2.24. The van der Waals surface area contributed by atoms with E-state index in [0.29, 0.717) is 17.1 Å². The molecule has 0 aliphatic carbocycles. The third kappa shape index (κ3) is 4.58. The van der Waals surface area contributed by atoms with Crippen molar-refractivity contribution < 1.29 is 14.0 Å². The fraction of sp³-hybridized carbons (Fsp3) is 0.200. The minimum absolute atomic E-state index is 0.0738. The van der Waals surface area contributed by atoms with E-state index in [9.17, 15) is 9.59 Å². The SMILES string of the molecule is CC(C)C(NC(=O)c1ccccc1)C(=O)Nc1ccc(-c2nnco2)cc1. The monoisotopic (exact) mass is 364 g/mol. The maximum Gasteiger partial charge on any atom is 0.251 e. The van der Waals surface area contributed by atoms with Gasteiger partial charge in [-0.15, -0.1) is 10.2 Å². The first-order valence-corrected chi connectivity index (χ1v) is 8.58. The van der Waals surface area contributed by atoms with Gasteiger partial charge in [-0.3, -0.25) is 9.59 Å². The van der Waals surface area contributed by atoms with Gasteiger partial charge in [-0.25, -0.2) is 0 Å². The second kappa shape index (κ2) is 8.27. The molecule has 0 bridgehead atoms. The van der Waals surface area contributed by atoms with E-state index in [1.165, 1.54) is 6.39 Å². The smallest absolute Gasteiger partial charge is 0.251 e. The van der Waals surface area contributed by atoms with E-state index in [4.69, 9.17) is 4.42 Å². The standard InChI is InChI=1S/C20H20N4O3/c1-13(2)17(23-18(25)14-6-4-3-5-7-14)19(26)22-16-10-8-15(9-11-16)20-24-21-12-27-20/h3-13,17H,1-2H3,(H,22,26)(H,23,25). The van der Waals surface area contributed by atoms with Crippen molar-refractivity contribution in [2.75, 3.05) is 5.32 Å². The lowest BCUT2D eigenvalue weighted by Crippen LogP contribution is -2.47. The van der Waals surface area contributed by atoms with Crippen molar-refractivity contribution in [3.05, 3.63) is 66.6 Å². The zero-order chi connectivity index (χ0) is 19.2. The molecule has 7 nitrogen and oxygen atoms in total. The van der Waals surface area contributed by atoms with Gasteiger partial charge in [-0.2, -0.15) is 0 Å². The maximum absolute atomic E-state index is 12.7. The summed E-state index contributed by atoms with van der Waals surface area (Å²) >= 11 is 0. The van der Waals surface area contributed by atoms with E-state index in [2.05, 4.69) is 20.8 Å². The largest absolute Gasteiger partial charge is 0.423 e. The molecule has 0 spiro atoms. The van der Waals surface area contributed by atoms with Crippen LogP contribution in [0.5, 0.6) is 0 Å². The molecule has 1 aromatic heterocycles. The molecule has 1 atom stereocenters. The Hall–Kier alpha value is -3.48. The van der Waals surface area contributed by atoms with E-state index < -0.39 is 6.04 Å². The Morgan fingerprint density at radius 2 is 1.70 bits per heavy atom. The van der Waals surface area contributed by atoms with Gasteiger partial charge in [0.2, 0.25) is 18.2 Å². The van der Waals surface area contributed by atoms with Gasteiger partial charge in [0.25, 0.3) is 5.91 Å². The summed E-state index contributed by atoms with van der Waals surface area (Å²) in [5, 5.41) is 13.1. The summed E-state index contributed by atoms with van der Waals surface area (Å²) in [6, 6.07) is 15.2. The molecule has 1 heterocycles. The molecule has 138 valence electrons. The molecule has 0 aliphatic heterocycles. The second-order valence-electron chi connectivity index (χ2n) is 6.37. The van der Waals surface area contributed by atoms with E-state index in [-0.39, 0.29) is 17.7 Å². The molecule has 0 aliphatic rings. The first-order chi connectivity index (χ1) is 13.0. The summed E-state index contributed by atoms with van der Waals surface area (Å²) in [4.78, 5) is 25.0. The molecule has 3 aromatic rings. The average molecular weight is 364 g/mol. The van der Waals surface area contributed by atoms with E-state index in [1.54, 1.807) is 48.5 Å². The molecule has 0 saturated heterocycles. The average Bonchev–Trinajstić information content (AvgIpc) is 3.21. The van der Waals surface area contributed by atoms with Crippen molar-refractivity contribution in [2.24, 2.45) is 5.92 Å². The highest BCUT2D eigenvalue weighted by atomic mass is 16.4. The molecule has 2 aromatic carbocycles. The molecule has 3 rings (SSSR count). The van der Waals surface area contributed by atoms with Crippen LogP contribution in [0.2, 0.25) is 0 Å². The van der Waals surface area contributed by atoms with Gasteiger partial charge in [0.15, 0.2) is 0 Å². The number of nitrogens with zero attached hydrogens (tertiary/aromatic N) is 2. The van der Waals surface area contributed by atoms with Crippen LogP contribution in [0.25, 0.3) is 11.5 Å². The number of amides is 2. The van der Waals surface area contributed by atoms with Gasteiger partial charge >= 0.3 is 0 Å². The Morgan fingerprint density at radius 1 is 1.00 bits per heavy atom. The number of rotatable bonds is 6. The van der Waals surface area contributed by atoms with Crippen molar-refractivity contribution in [3.8, 4) is 11.5 Å². The van der Waals surface area contributed by atoms with Crippen LogP contribution in [0.1, 0.15) is 24.2 Å². The normalized spacial score (nSPS) is 11.8. The van der Waals surface area contributed by atoms with Crippen LogP contribution in [-0.2, 0) is 4.79 Å². The number of hydrogen-bond donors (Lipinski definition) is 2. The predicted molar refractivity (Wildman–Crippen MR) is 101 cm³/mol. The van der Waals surface area contributed by atoms with Crippen LogP contribution in [-0.4, -0.2) is 28.1 Å². The molecular weight excluding hydrogens is 344 g/mol. The van der Waals surface area contributed by atoms with Gasteiger partial charge in [-0.1, -0.05) is 32.0 Å². The lowest BCUT2D eigenvalue weighted by molar-refractivity contribution is -0.118. The fourth-order valence-corrected chi connectivity index (χ4v) is 2.56. The van der Waals surface area contributed by atoms with Gasteiger partial charge in [0, 0.05) is 16.8 Å². The molecule has 0 radical (unpaired) electrons. The lowest BCUT2D eigenvalue weighted by Gasteiger charge is -2.21. The molecule has 2 amide bonds. The number of benzene rings is 2. The van der Waals surface area contributed by atoms with Crippen LogP contribution in [0.4, 0.5) is 5.69 Å². The first kappa shape index (κ1) is 18.3. The second-order valence-corrected chi connectivity index (χ2v) is 6.37. The van der Waals surface area contributed by atoms with Crippen LogP contribution >= 0.6 is 0 Å². The number of anilines is 1. The Balaban J connectivity index is 1.67. The number of carbonyl (C=O) groups excluding carboxylic acids is 2. The molecule has 7 heteroatoms. The summed E-state index contributed by atoms with van der Waals surface area (Å²) < 4.78 is 5.14. The van der Waals surface area contributed by atoms with Gasteiger partial charge in [0.05, 0.1) is 0 Å². The lowest BCUT2D eigenvalue weighted by atomic mass is 10.0. The van der Waals surface area contributed by atoms with Gasteiger partial charge in [0.1, 0.15) is 6.04 Å². The number of aromatic nitrogens is 2. The van der Waals surface area contributed by atoms with Crippen LogP contribution in [0.15, 0.2) is 65.4 Å². The highest BCUT2D eigenvalue weighted by Crippen LogP contribution is 2.19. The highest BCUT2D eigenvalue weighted by molar-refractivity contribution is 6.01. The van der Waals surface area contributed by atoms with Crippen molar-refractivity contribution in [2.45, 2.75) is 19.9 Å². The maximum atomic E-state index is 12.7. The molecule has 1 unspecified atom stereocenters. The summed E-state index contributed by atoms with van der Waals surface area (Å²) in [6.07, 6.45) is 1.26.